The van der Waals surface area contributed by atoms with Crippen LogP contribution in [0.5, 0.6) is 0 Å². The molecule has 0 aromatic carbocycles. The van der Waals surface area contributed by atoms with Crippen molar-refractivity contribution in [3.63, 3.8) is 0 Å². The summed E-state index contributed by atoms with van der Waals surface area (Å²) in [7, 11) is 0. The average Bonchev–Trinajstić information content (AvgIpc) is 2.75. The van der Waals surface area contributed by atoms with Crippen LogP contribution in [0, 0.1) is 0 Å². The van der Waals surface area contributed by atoms with Gasteiger partial charge in [0.2, 0.25) is 0 Å². The Kier molecular flexibility index (Phi) is 6.17. The van der Waals surface area contributed by atoms with Gasteiger partial charge in [-0.3, -0.25) is 14.8 Å². The molecule has 1 atom stereocenters. The summed E-state index contributed by atoms with van der Waals surface area (Å²) in [4.78, 5) is 31.6. The summed E-state index contributed by atoms with van der Waals surface area (Å²) in [6.45, 7) is 2.12. The van der Waals surface area contributed by atoms with E-state index in [1.54, 1.807) is 29.6 Å². The lowest BCUT2D eigenvalue weighted by Gasteiger charge is -2.29. The summed E-state index contributed by atoms with van der Waals surface area (Å²) < 4.78 is 0. The first kappa shape index (κ1) is 18.6. The summed E-state index contributed by atoms with van der Waals surface area (Å²) in [6, 6.07) is 8.90. The third kappa shape index (κ3) is 4.51. The summed E-state index contributed by atoms with van der Waals surface area (Å²) in [5.41, 5.74) is 1.90. The van der Waals surface area contributed by atoms with Crippen molar-refractivity contribution in [2.75, 3.05) is 6.61 Å². The molecule has 0 saturated heterocycles. The monoisotopic (exact) mass is 363 g/mol. The molecule has 0 aliphatic rings. The smallest absolute Gasteiger partial charge is 0.257 e. The van der Waals surface area contributed by atoms with Crippen LogP contribution in [0.1, 0.15) is 29.4 Å². The quantitative estimate of drug-likeness (QED) is 0.693. The van der Waals surface area contributed by atoms with Crippen LogP contribution in [0.15, 0.2) is 61.3 Å². The van der Waals surface area contributed by atoms with E-state index in [4.69, 9.17) is 0 Å². The first-order chi connectivity index (χ1) is 13.2. The molecule has 7 heteroatoms. The van der Waals surface area contributed by atoms with Crippen LogP contribution in [0.4, 0.5) is 0 Å². The minimum atomic E-state index is -0.308. The third-order valence-electron chi connectivity index (χ3n) is 4.26. The van der Waals surface area contributed by atoms with E-state index in [-0.39, 0.29) is 18.6 Å². The zero-order chi connectivity index (χ0) is 19.1. The molecule has 0 spiro atoms. The molecule has 0 radical (unpaired) electrons. The van der Waals surface area contributed by atoms with Gasteiger partial charge in [0.15, 0.2) is 5.82 Å². The van der Waals surface area contributed by atoms with Gasteiger partial charge in [-0.1, -0.05) is 13.0 Å². The van der Waals surface area contributed by atoms with Crippen molar-refractivity contribution in [1.82, 2.24) is 24.8 Å². The van der Waals surface area contributed by atoms with Crippen LogP contribution >= 0.6 is 0 Å². The van der Waals surface area contributed by atoms with Gasteiger partial charge in [-0.05, 0) is 30.7 Å². The van der Waals surface area contributed by atoms with Gasteiger partial charge in [0.25, 0.3) is 5.91 Å². The first-order valence-electron chi connectivity index (χ1n) is 8.77. The molecule has 3 aromatic rings. The van der Waals surface area contributed by atoms with Crippen molar-refractivity contribution in [1.29, 1.82) is 0 Å². The number of aliphatic hydroxyl groups is 1. The Morgan fingerprint density at radius 1 is 1.07 bits per heavy atom. The van der Waals surface area contributed by atoms with Gasteiger partial charge >= 0.3 is 0 Å². The molecule has 0 bridgehead atoms. The molecule has 0 aliphatic heterocycles. The fraction of sp³-hybridized carbons (Fsp3) is 0.250. The number of nitrogens with zero attached hydrogens (tertiary/aromatic N) is 5. The van der Waals surface area contributed by atoms with Crippen molar-refractivity contribution < 1.29 is 9.90 Å². The number of rotatable bonds is 7. The fourth-order valence-corrected chi connectivity index (χ4v) is 2.73. The molecule has 0 unspecified atom stereocenters. The Labute approximate surface area is 157 Å². The van der Waals surface area contributed by atoms with Gasteiger partial charge in [0.05, 0.1) is 30.5 Å². The van der Waals surface area contributed by atoms with E-state index in [0.29, 0.717) is 24.4 Å². The highest BCUT2D eigenvalue weighted by molar-refractivity contribution is 5.94. The van der Waals surface area contributed by atoms with Gasteiger partial charge in [0, 0.05) is 36.5 Å². The molecule has 3 aromatic heterocycles. The van der Waals surface area contributed by atoms with Crippen LogP contribution < -0.4 is 0 Å². The molecule has 7 nitrogen and oxygen atoms in total. The van der Waals surface area contributed by atoms with Crippen molar-refractivity contribution >= 4 is 5.91 Å². The lowest BCUT2D eigenvalue weighted by Crippen LogP contribution is -2.42. The Morgan fingerprint density at radius 3 is 2.48 bits per heavy atom. The molecule has 3 heterocycles. The Hall–Kier alpha value is -3.19. The van der Waals surface area contributed by atoms with Crippen LogP contribution in [0.3, 0.4) is 0 Å². The number of carbonyl (C=O) groups is 1. The maximum absolute atomic E-state index is 13.1. The van der Waals surface area contributed by atoms with Crippen LogP contribution in [0.25, 0.3) is 11.4 Å². The lowest BCUT2D eigenvalue weighted by molar-refractivity contribution is 0.0559. The van der Waals surface area contributed by atoms with Gasteiger partial charge in [0.1, 0.15) is 0 Å². The second-order valence-electron chi connectivity index (χ2n) is 6.04. The Morgan fingerprint density at radius 2 is 1.89 bits per heavy atom. The van der Waals surface area contributed by atoms with Crippen LogP contribution in [0.2, 0.25) is 0 Å². The number of aromatic nitrogens is 4. The minimum Gasteiger partial charge on any atom is -0.394 e. The Bertz CT molecular complexity index is 853. The van der Waals surface area contributed by atoms with Gasteiger partial charge in [-0.2, -0.15) is 0 Å². The first-order valence-corrected chi connectivity index (χ1v) is 8.77. The third-order valence-corrected chi connectivity index (χ3v) is 4.26. The van der Waals surface area contributed by atoms with Gasteiger partial charge < -0.3 is 10.0 Å². The summed E-state index contributed by atoms with van der Waals surface area (Å²) >= 11 is 0. The zero-order valence-corrected chi connectivity index (χ0v) is 15.1. The maximum Gasteiger partial charge on any atom is 0.257 e. The lowest BCUT2D eigenvalue weighted by atomic mass is 10.1. The summed E-state index contributed by atoms with van der Waals surface area (Å²) in [5, 5.41) is 9.71. The minimum absolute atomic E-state index is 0.121. The highest BCUT2D eigenvalue weighted by Crippen LogP contribution is 2.16. The Balaban J connectivity index is 1.84. The maximum atomic E-state index is 13.1. The van der Waals surface area contributed by atoms with E-state index in [1.165, 1.54) is 12.4 Å². The molecule has 1 N–H and O–H groups in total. The van der Waals surface area contributed by atoms with E-state index in [0.717, 1.165) is 11.3 Å². The normalized spacial score (nSPS) is 11.8. The van der Waals surface area contributed by atoms with Crippen molar-refractivity contribution in [3.05, 3.63) is 72.6 Å². The standard InChI is InChI=1S/C20H21N5O2/c1-2-18(14-26)25(13-17-7-3-4-9-22-17)20(27)16-11-23-19(24-12-16)15-6-5-8-21-10-15/h3-12,18,26H,2,13-14H2,1H3/t18-/m0/s1. The molecule has 0 aliphatic carbocycles. The van der Waals surface area contributed by atoms with E-state index in [9.17, 15) is 9.90 Å². The highest BCUT2D eigenvalue weighted by Gasteiger charge is 2.24. The number of hydrogen-bond donors (Lipinski definition) is 1. The number of pyridine rings is 2. The molecule has 0 saturated carbocycles. The second kappa shape index (κ2) is 8.95. The molecule has 138 valence electrons. The summed E-state index contributed by atoms with van der Waals surface area (Å²) in [6.07, 6.45) is 8.67. The number of aliphatic hydroxyl groups excluding tert-OH is 1. The molecule has 27 heavy (non-hydrogen) atoms. The fourth-order valence-electron chi connectivity index (χ4n) is 2.73. The largest absolute Gasteiger partial charge is 0.394 e. The number of hydrogen-bond acceptors (Lipinski definition) is 6. The van der Waals surface area contributed by atoms with Crippen molar-refractivity contribution in [2.24, 2.45) is 0 Å². The molecule has 3 rings (SSSR count). The van der Waals surface area contributed by atoms with Crippen molar-refractivity contribution in [2.45, 2.75) is 25.9 Å². The predicted molar refractivity (Wildman–Crippen MR) is 101 cm³/mol. The topological polar surface area (TPSA) is 92.1 Å². The summed E-state index contributed by atoms with van der Waals surface area (Å²) in [5.74, 6) is 0.268. The predicted octanol–water partition coefficient (Wildman–Crippen LogP) is 2.35. The van der Waals surface area contributed by atoms with E-state index in [2.05, 4.69) is 19.9 Å². The van der Waals surface area contributed by atoms with Crippen LogP contribution in [-0.4, -0.2) is 48.5 Å². The van der Waals surface area contributed by atoms with Crippen LogP contribution in [-0.2, 0) is 6.54 Å². The number of carbonyl (C=O) groups excluding carboxylic acids is 1. The molecular formula is C20H21N5O2. The van der Waals surface area contributed by atoms with Gasteiger partial charge in [-0.25, -0.2) is 9.97 Å². The van der Waals surface area contributed by atoms with Crippen molar-refractivity contribution in [3.8, 4) is 11.4 Å². The highest BCUT2D eigenvalue weighted by atomic mass is 16.3. The van der Waals surface area contributed by atoms with Gasteiger partial charge in [-0.15, -0.1) is 0 Å². The zero-order valence-electron chi connectivity index (χ0n) is 15.1. The van der Waals surface area contributed by atoms with E-state index in [1.807, 2.05) is 31.2 Å². The average molecular weight is 363 g/mol. The second-order valence-corrected chi connectivity index (χ2v) is 6.04. The molecule has 1 amide bonds. The molecular weight excluding hydrogens is 342 g/mol. The van der Waals surface area contributed by atoms with E-state index >= 15 is 0 Å². The number of amides is 1. The molecule has 0 fully saturated rings. The van der Waals surface area contributed by atoms with E-state index < -0.39 is 0 Å². The SMILES string of the molecule is CC[C@@H](CO)N(Cc1ccccn1)C(=O)c1cnc(-c2cccnc2)nc1.